The lowest BCUT2D eigenvalue weighted by molar-refractivity contribution is 0.515. The molecule has 0 N–H and O–H groups in total. The van der Waals surface area contributed by atoms with E-state index in [9.17, 15) is 0 Å². The zero-order valence-electron chi connectivity index (χ0n) is 21.4. The van der Waals surface area contributed by atoms with E-state index in [0.29, 0.717) is 12.5 Å². The Morgan fingerprint density at radius 1 is 0.970 bits per heavy atom. The average Bonchev–Trinajstić information content (AvgIpc) is 3.55. The summed E-state index contributed by atoms with van der Waals surface area (Å²) in [5, 5.41) is 0. The molecule has 33 heavy (non-hydrogen) atoms. The second-order valence-corrected chi connectivity index (χ2v) is 10.1. The molecule has 2 heterocycles. The Bertz CT molecular complexity index is 1040. The maximum Gasteiger partial charge on any atom is 0.155 e. The molecule has 1 fully saturated rings. The summed E-state index contributed by atoms with van der Waals surface area (Å²) >= 11 is 0. The lowest BCUT2D eigenvalue weighted by atomic mass is 9.90. The third kappa shape index (κ3) is 5.45. The SMILES string of the molecule is CCc1cc(C2=NC(c3cc(C)c(CCC(C)CC)c(CC)c3)=NC2)cc(C2CCCC2)n1. The van der Waals surface area contributed by atoms with Gasteiger partial charge in [0.25, 0.3) is 0 Å². The number of rotatable bonds is 9. The fraction of sp³-hybridized carbons (Fsp3) is 0.567. The van der Waals surface area contributed by atoms with Gasteiger partial charge in [-0.05, 0) is 92.3 Å². The minimum Gasteiger partial charge on any atom is -0.260 e. The number of benzene rings is 1. The minimum atomic E-state index is 0.621. The number of hydrogen-bond donors (Lipinski definition) is 0. The van der Waals surface area contributed by atoms with Crippen molar-refractivity contribution in [3.63, 3.8) is 0 Å². The van der Waals surface area contributed by atoms with Crippen molar-refractivity contribution >= 4 is 11.5 Å². The van der Waals surface area contributed by atoms with Crippen LogP contribution in [-0.4, -0.2) is 23.1 Å². The minimum absolute atomic E-state index is 0.621. The Kier molecular flexibility index (Phi) is 7.78. The number of amidine groups is 1. The monoisotopic (exact) mass is 443 g/mol. The maximum absolute atomic E-state index is 5.04. The maximum atomic E-state index is 5.04. The number of hydrogen-bond acceptors (Lipinski definition) is 3. The molecule has 176 valence electrons. The van der Waals surface area contributed by atoms with Crippen LogP contribution in [0.25, 0.3) is 0 Å². The molecule has 0 bridgehead atoms. The van der Waals surface area contributed by atoms with Crippen molar-refractivity contribution in [2.45, 2.75) is 98.3 Å². The third-order valence-electron chi connectivity index (χ3n) is 7.78. The molecule has 1 aliphatic carbocycles. The van der Waals surface area contributed by atoms with Crippen LogP contribution in [0.4, 0.5) is 0 Å². The molecular weight excluding hydrogens is 402 g/mol. The zero-order chi connectivity index (χ0) is 23.4. The molecule has 2 aliphatic rings. The van der Waals surface area contributed by atoms with E-state index < -0.39 is 0 Å². The van der Waals surface area contributed by atoms with Crippen molar-refractivity contribution in [1.82, 2.24) is 4.98 Å². The van der Waals surface area contributed by atoms with Crippen molar-refractivity contribution in [2.24, 2.45) is 15.9 Å². The molecule has 1 atom stereocenters. The second-order valence-electron chi connectivity index (χ2n) is 10.1. The highest BCUT2D eigenvalue weighted by Crippen LogP contribution is 2.34. The van der Waals surface area contributed by atoms with Crippen LogP contribution in [0.15, 0.2) is 34.3 Å². The summed E-state index contributed by atoms with van der Waals surface area (Å²) in [6, 6.07) is 9.19. The van der Waals surface area contributed by atoms with Crippen LogP contribution in [0.2, 0.25) is 0 Å². The lowest BCUT2D eigenvalue weighted by Gasteiger charge is -2.16. The summed E-state index contributed by atoms with van der Waals surface area (Å²) in [6.07, 6.45) is 10.9. The van der Waals surface area contributed by atoms with Crippen LogP contribution in [0.1, 0.15) is 111 Å². The van der Waals surface area contributed by atoms with Gasteiger partial charge in [0, 0.05) is 28.4 Å². The summed E-state index contributed by atoms with van der Waals surface area (Å²) < 4.78 is 0. The number of aliphatic imine (C=N–C) groups is 2. The van der Waals surface area contributed by atoms with Gasteiger partial charge in [0.1, 0.15) is 0 Å². The summed E-state index contributed by atoms with van der Waals surface area (Å²) in [5.74, 6) is 2.30. The number of aromatic nitrogens is 1. The van der Waals surface area contributed by atoms with Crippen molar-refractivity contribution in [3.8, 4) is 0 Å². The Balaban J connectivity index is 1.60. The predicted octanol–water partition coefficient (Wildman–Crippen LogP) is 7.40. The van der Waals surface area contributed by atoms with Crippen molar-refractivity contribution in [2.75, 3.05) is 6.54 Å². The summed E-state index contributed by atoms with van der Waals surface area (Å²) in [6.45, 7) is 12.0. The average molecular weight is 444 g/mol. The van der Waals surface area contributed by atoms with Gasteiger partial charge < -0.3 is 0 Å². The molecule has 2 aromatic rings. The molecular formula is C30H41N3. The van der Waals surface area contributed by atoms with E-state index in [1.165, 1.54) is 84.2 Å². The van der Waals surface area contributed by atoms with Crippen molar-refractivity contribution in [1.29, 1.82) is 0 Å². The fourth-order valence-electron chi connectivity index (χ4n) is 5.34. The van der Waals surface area contributed by atoms with Crippen LogP contribution >= 0.6 is 0 Å². The molecule has 1 aromatic carbocycles. The van der Waals surface area contributed by atoms with E-state index in [4.69, 9.17) is 15.0 Å². The largest absolute Gasteiger partial charge is 0.260 e. The van der Waals surface area contributed by atoms with Crippen LogP contribution in [-0.2, 0) is 19.3 Å². The molecule has 4 rings (SSSR count). The first-order valence-electron chi connectivity index (χ1n) is 13.3. The van der Waals surface area contributed by atoms with E-state index >= 15 is 0 Å². The fourth-order valence-corrected chi connectivity index (χ4v) is 5.34. The molecule has 1 aromatic heterocycles. The molecule has 1 aliphatic heterocycles. The summed E-state index contributed by atoms with van der Waals surface area (Å²) in [5.41, 5.74) is 10.3. The van der Waals surface area contributed by atoms with Crippen molar-refractivity contribution in [3.05, 3.63) is 63.5 Å². The standard InChI is InChI=1S/C30H41N3/c1-6-20(4)13-14-27-21(5)15-25(16-22(27)7-2)30-31-19-29(33-30)24-17-26(8-3)32-28(18-24)23-11-9-10-12-23/h15-18,20,23H,6-14,19H2,1-5H3. The highest BCUT2D eigenvalue weighted by Gasteiger charge is 2.22. The van der Waals surface area contributed by atoms with E-state index in [-0.39, 0.29) is 0 Å². The van der Waals surface area contributed by atoms with Crippen molar-refractivity contribution < 1.29 is 0 Å². The number of aryl methyl sites for hydroxylation is 3. The van der Waals surface area contributed by atoms with Gasteiger partial charge in [-0.25, -0.2) is 4.99 Å². The zero-order valence-corrected chi connectivity index (χ0v) is 21.4. The smallest absolute Gasteiger partial charge is 0.155 e. The second kappa shape index (κ2) is 10.8. The van der Waals surface area contributed by atoms with Gasteiger partial charge in [-0.3, -0.25) is 9.98 Å². The first-order chi connectivity index (χ1) is 16.0. The van der Waals surface area contributed by atoms with E-state index in [1.807, 2.05) is 0 Å². The van der Waals surface area contributed by atoms with Crippen LogP contribution in [0.5, 0.6) is 0 Å². The van der Waals surface area contributed by atoms with Gasteiger partial charge in [-0.1, -0.05) is 47.0 Å². The van der Waals surface area contributed by atoms with Gasteiger partial charge in [-0.2, -0.15) is 0 Å². The van der Waals surface area contributed by atoms with E-state index in [0.717, 1.165) is 30.3 Å². The van der Waals surface area contributed by atoms with Crippen LogP contribution in [0.3, 0.4) is 0 Å². The molecule has 0 spiro atoms. The topological polar surface area (TPSA) is 37.6 Å². The normalized spacial score (nSPS) is 17.4. The molecule has 0 amide bonds. The molecule has 1 saturated carbocycles. The Morgan fingerprint density at radius 2 is 1.76 bits per heavy atom. The molecule has 0 saturated heterocycles. The summed E-state index contributed by atoms with van der Waals surface area (Å²) in [7, 11) is 0. The Morgan fingerprint density at radius 3 is 2.45 bits per heavy atom. The first kappa shape index (κ1) is 23.9. The Hall–Kier alpha value is -2.29. The van der Waals surface area contributed by atoms with Gasteiger partial charge in [-0.15, -0.1) is 0 Å². The highest BCUT2D eigenvalue weighted by atomic mass is 15.0. The quantitative estimate of drug-likeness (QED) is 0.398. The number of nitrogens with zero attached hydrogens (tertiary/aromatic N) is 3. The Labute approximate surface area is 200 Å². The molecule has 1 unspecified atom stereocenters. The van der Waals surface area contributed by atoms with Gasteiger partial charge in [0.05, 0.1) is 12.3 Å². The van der Waals surface area contributed by atoms with Gasteiger partial charge >= 0.3 is 0 Å². The lowest BCUT2D eigenvalue weighted by Crippen LogP contribution is -2.08. The molecule has 0 radical (unpaired) electrons. The highest BCUT2D eigenvalue weighted by molar-refractivity contribution is 6.17. The van der Waals surface area contributed by atoms with Gasteiger partial charge in [0.2, 0.25) is 0 Å². The summed E-state index contributed by atoms with van der Waals surface area (Å²) in [4.78, 5) is 14.9. The molecule has 3 heteroatoms. The van der Waals surface area contributed by atoms with E-state index in [2.05, 4.69) is 58.9 Å². The predicted molar refractivity (Wildman–Crippen MR) is 141 cm³/mol. The van der Waals surface area contributed by atoms with E-state index in [1.54, 1.807) is 0 Å². The van der Waals surface area contributed by atoms with Crippen LogP contribution < -0.4 is 0 Å². The number of pyridine rings is 1. The van der Waals surface area contributed by atoms with Crippen LogP contribution in [0, 0.1) is 12.8 Å². The third-order valence-corrected chi connectivity index (χ3v) is 7.78. The van der Waals surface area contributed by atoms with Gasteiger partial charge in [0.15, 0.2) is 5.84 Å². The molecule has 3 nitrogen and oxygen atoms in total. The first-order valence-corrected chi connectivity index (χ1v) is 13.3.